The second-order valence-electron chi connectivity index (χ2n) is 13.1. The van der Waals surface area contributed by atoms with Gasteiger partial charge in [-0.05, 0) is 74.9 Å². The molecule has 5 rings (SSSR count). The number of aromatic nitrogens is 3. The highest BCUT2D eigenvalue weighted by atomic mass is 35.5. The van der Waals surface area contributed by atoms with Crippen LogP contribution < -0.4 is 10.0 Å². The number of nitrogens with zero attached hydrogens (tertiary/aromatic N) is 3. The Labute approximate surface area is 313 Å². The number of carbonyl (C=O) groups is 1. The average Bonchev–Trinajstić information content (AvgIpc) is 3.82. The molecular weight excluding hydrogens is 802 g/mol. The zero-order valence-corrected chi connectivity index (χ0v) is 31.8. The van der Waals surface area contributed by atoms with Gasteiger partial charge in [0.2, 0.25) is 10.0 Å². The van der Waals surface area contributed by atoms with E-state index in [1.807, 2.05) is 4.72 Å². The fourth-order valence-electron chi connectivity index (χ4n) is 5.74. The number of rotatable bonds is 13. The normalized spacial score (nSPS) is 14.5. The molecule has 2 aromatic heterocycles. The predicted octanol–water partition coefficient (Wildman–Crippen LogP) is 5.30. The first-order valence-corrected chi connectivity index (χ1v) is 21.5. The van der Waals surface area contributed by atoms with Gasteiger partial charge in [-0.15, -0.1) is 0 Å². The molecule has 13 nitrogen and oxygen atoms in total. The van der Waals surface area contributed by atoms with Crippen LogP contribution in [-0.4, -0.2) is 79.0 Å². The van der Waals surface area contributed by atoms with Crippen molar-refractivity contribution in [3.8, 4) is 23.0 Å². The summed E-state index contributed by atoms with van der Waals surface area (Å²) in [5, 5.41) is 13.8. The van der Waals surface area contributed by atoms with Crippen molar-refractivity contribution >= 4 is 64.1 Å². The zero-order chi connectivity index (χ0) is 40.0. The third kappa shape index (κ3) is 9.43. The monoisotopic (exact) mass is 833 g/mol. The van der Waals surface area contributed by atoms with Crippen LogP contribution in [0.4, 0.5) is 28.2 Å². The molecule has 1 aliphatic rings. The Balaban J connectivity index is 1.78. The third-order valence-electron chi connectivity index (χ3n) is 8.15. The van der Waals surface area contributed by atoms with Crippen molar-refractivity contribution in [3.05, 3.63) is 76.1 Å². The molecule has 1 amide bonds. The molecule has 4 aromatic rings. The van der Waals surface area contributed by atoms with E-state index in [-0.39, 0.29) is 44.0 Å². The maximum Gasteiger partial charge on any atom is 0.405 e. The molecule has 54 heavy (non-hydrogen) atoms. The quantitative estimate of drug-likeness (QED) is 0.118. The number of nitrogens with one attached hydrogen (secondary N) is 2. The zero-order valence-electron chi connectivity index (χ0n) is 28.6. The van der Waals surface area contributed by atoms with Gasteiger partial charge >= 0.3 is 6.09 Å². The van der Waals surface area contributed by atoms with E-state index in [9.17, 15) is 52.7 Å². The minimum absolute atomic E-state index is 0.00243. The van der Waals surface area contributed by atoms with Gasteiger partial charge in [0.25, 0.3) is 6.43 Å². The molecule has 2 aromatic carbocycles. The number of hydrogen-bond donors (Lipinski definition) is 3. The van der Waals surface area contributed by atoms with E-state index >= 15 is 0 Å². The van der Waals surface area contributed by atoms with Crippen molar-refractivity contribution in [2.75, 3.05) is 16.1 Å². The molecule has 0 bridgehead atoms. The maximum absolute atomic E-state index is 14.3. The summed E-state index contributed by atoms with van der Waals surface area (Å²) in [6.45, 7) is 1.73. The van der Waals surface area contributed by atoms with Gasteiger partial charge < -0.3 is 10.4 Å². The number of sulfonamides is 1. The highest BCUT2D eigenvalue weighted by Crippen LogP contribution is 2.41. The second-order valence-corrected chi connectivity index (χ2v) is 20.5. The van der Waals surface area contributed by atoms with E-state index in [1.165, 1.54) is 38.1 Å². The number of fused-ring (bicyclic) bond motifs is 1. The number of alkyl halides is 2. The van der Waals surface area contributed by atoms with Gasteiger partial charge in [-0.3, -0.25) is 9.40 Å². The first-order valence-electron chi connectivity index (χ1n) is 15.8. The molecule has 1 saturated carbocycles. The number of carboxylic acid groups (broad SMARTS) is 1. The Morgan fingerprint density at radius 3 is 2.24 bits per heavy atom. The second kappa shape index (κ2) is 15.0. The van der Waals surface area contributed by atoms with Crippen LogP contribution in [0.3, 0.4) is 0 Å². The molecule has 0 unspecified atom stereocenters. The topological polar surface area (TPSA) is 194 Å². The van der Waals surface area contributed by atoms with E-state index < -0.39 is 93.8 Å². The van der Waals surface area contributed by atoms with Gasteiger partial charge in [0.1, 0.15) is 28.6 Å². The van der Waals surface area contributed by atoms with Crippen LogP contribution in [0.5, 0.6) is 0 Å². The number of amides is 1. The Morgan fingerprint density at radius 1 is 1.04 bits per heavy atom. The fraction of sp³-hybridized carbons (Fsp3) is 0.364. The van der Waals surface area contributed by atoms with Crippen LogP contribution in [-0.2, 0) is 42.7 Å². The lowest BCUT2D eigenvalue weighted by Crippen LogP contribution is -2.33. The smallest absolute Gasteiger partial charge is 0.405 e. The summed E-state index contributed by atoms with van der Waals surface area (Å²) in [4.78, 5) is 16.7. The highest BCUT2D eigenvalue weighted by Gasteiger charge is 2.45. The number of pyridine rings is 1. The molecule has 0 spiro atoms. The molecule has 21 heteroatoms. The molecule has 0 saturated heterocycles. The maximum atomic E-state index is 14.3. The number of benzene rings is 2. The standard InChI is InChI=1S/C33H32ClF4N5O8S3/c1-33(2,54(50,51)22-5-6-22)11-10-21-4-7-23(29(39-21)26(40-32(44)45)14-18-12-19(35)15-20(36)13-18)24-8-9-25(34)28-30(24)43(16-27(37)38)41-31(28)42-53(48,49)17-52(3,46)47/h4,7-9,12-13,15,22,26-27,40H,5-6,14,16-17H2,1-3H3,(H,41,42)(H,44,45)/t26-/m0/s1. The number of hydrogen-bond acceptors (Lipinski definition) is 9. The molecule has 1 fully saturated rings. The molecule has 0 aliphatic heterocycles. The van der Waals surface area contributed by atoms with E-state index in [0.717, 1.165) is 16.8 Å². The van der Waals surface area contributed by atoms with Crippen molar-refractivity contribution in [2.45, 2.75) is 62.1 Å². The SMILES string of the molecule is CC(C)(C#Cc1ccc(-c2ccc(Cl)c3c(NS(=O)(=O)CS(C)(=O)=O)nn(CC(F)F)c23)c([C@H](Cc2cc(F)cc(F)c2)NC(=O)O)n1)S(=O)(=O)C1CC1. The molecular formula is C33H32ClF4N5O8S3. The van der Waals surface area contributed by atoms with E-state index in [2.05, 4.69) is 27.2 Å². The molecule has 0 radical (unpaired) electrons. The molecule has 290 valence electrons. The number of halogens is 5. The van der Waals surface area contributed by atoms with Crippen LogP contribution >= 0.6 is 11.6 Å². The highest BCUT2D eigenvalue weighted by molar-refractivity contribution is 8.08. The Kier molecular flexibility index (Phi) is 11.3. The van der Waals surface area contributed by atoms with Gasteiger partial charge in [0.05, 0.1) is 32.9 Å². The van der Waals surface area contributed by atoms with Crippen LogP contribution in [0.25, 0.3) is 22.0 Å². The summed E-state index contributed by atoms with van der Waals surface area (Å²) in [6, 6.07) is 6.41. The van der Waals surface area contributed by atoms with Crippen LogP contribution in [0.15, 0.2) is 42.5 Å². The van der Waals surface area contributed by atoms with Crippen molar-refractivity contribution < 1.29 is 52.7 Å². The van der Waals surface area contributed by atoms with Crippen molar-refractivity contribution in [1.29, 1.82) is 0 Å². The molecule has 3 N–H and O–H groups in total. The summed E-state index contributed by atoms with van der Waals surface area (Å²) in [7, 11) is -12.4. The summed E-state index contributed by atoms with van der Waals surface area (Å²) < 4.78 is 133. The summed E-state index contributed by atoms with van der Waals surface area (Å²) in [5.41, 5.74) is -0.427. The van der Waals surface area contributed by atoms with Gasteiger partial charge in [-0.2, -0.15) is 5.10 Å². The largest absolute Gasteiger partial charge is 0.465 e. The van der Waals surface area contributed by atoms with Crippen LogP contribution in [0, 0.1) is 23.5 Å². The van der Waals surface area contributed by atoms with Crippen LogP contribution in [0.1, 0.15) is 49.7 Å². The third-order valence-corrected chi connectivity index (χ3v) is 14.8. The number of sulfone groups is 2. The summed E-state index contributed by atoms with van der Waals surface area (Å²) in [6.07, 6.45) is -3.42. The lowest BCUT2D eigenvalue weighted by atomic mass is 9.94. The van der Waals surface area contributed by atoms with Crippen molar-refractivity contribution in [1.82, 2.24) is 20.1 Å². The lowest BCUT2D eigenvalue weighted by molar-refractivity contribution is 0.123. The van der Waals surface area contributed by atoms with Gasteiger partial charge in [0.15, 0.2) is 30.6 Å². The van der Waals surface area contributed by atoms with Gasteiger partial charge in [0, 0.05) is 23.4 Å². The Hall–Kier alpha value is -4.45. The molecule has 1 atom stereocenters. The number of anilines is 1. The fourth-order valence-corrected chi connectivity index (χ4v) is 10.7. The minimum atomic E-state index is -4.67. The summed E-state index contributed by atoms with van der Waals surface area (Å²) >= 11 is 6.48. The van der Waals surface area contributed by atoms with Crippen LogP contribution in [0.2, 0.25) is 5.02 Å². The van der Waals surface area contributed by atoms with Crippen molar-refractivity contribution in [3.63, 3.8) is 0 Å². The van der Waals surface area contributed by atoms with E-state index in [4.69, 9.17) is 11.6 Å². The first-order chi connectivity index (χ1) is 25.0. The van der Waals surface area contributed by atoms with E-state index in [0.29, 0.717) is 25.2 Å². The average molecular weight is 834 g/mol. The predicted molar refractivity (Wildman–Crippen MR) is 193 cm³/mol. The summed E-state index contributed by atoms with van der Waals surface area (Å²) in [5.74, 6) is 2.91. The first kappa shape index (κ1) is 40.7. The molecule has 1 aliphatic carbocycles. The Morgan fingerprint density at radius 2 is 1.67 bits per heavy atom. The Bertz CT molecular complexity index is 2530. The van der Waals surface area contributed by atoms with Crippen molar-refractivity contribution in [2.24, 2.45) is 0 Å². The van der Waals surface area contributed by atoms with Gasteiger partial charge in [-0.1, -0.05) is 23.6 Å². The minimum Gasteiger partial charge on any atom is -0.465 e. The van der Waals surface area contributed by atoms with E-state index in [1.54, 1.807) is 0 Å². The lowest BCUT2D eigenvalue weighted by Gasteiger charge is -2.21. The van der Waals surface area contributed by atoms with Gasteiger partial charge in [-0.25, -0.2) is 52.6 Å². The molecule has 2 heterocycles.